The van der Waals surface area contributed by atoms with Crippen molar-refractivity contribution in [1.29, 1.82) is 0 Å². The molecule has 0 saturated heterocycles. The molecule has 3 N–H and O–H groups in total. The first-order valence-electron chi connectivity index (χ1n) is 9.80. The highest BCUT2D eigenvalue weighted by molar-refractivity contribution is 7.86. The van der Waals surface area contributed by atoms with Crippen LogP contribution in [0, 0.1) is 5.82 Å². The zero-order chi connectivity index (χ0) is 25.6. The number of aromatic nitrogens is 2. The van der Waals surface area contributed by atoms with Gasteiger partial charge in [-0.05, 0) is 24.3 Å². The van der Waals surface area contributed by atoms with Gasteiger partial charge in [0.1, 0.15) is 16.7 Å². The third kappa shape index (κ3) is 7.09. The second kappa shape index (κ2) is 11.1. The molecule has 0 amide bonds. The van der Waals surface area contributed by atoms with Gasteiger partial charge < -0.3 is 29.6 Å². The van der Waals surface area contributed by atoms with Crippen molar-refractivity contribution in [2.75, 3.05) is 42.4 Å². The van der Waals surface area contributed by atoms with Crippen LogP contribution in [0.5, 0.6) is 17.2 Å². The molecule has 3 rings (SSSR count). The van der Waals surface area contributed by atoms with Crippen LogP contribution in [0.3, 0.4) is 0 Å². The molecule has 0 aliphatic rings. The fourth-order valence-electron chi connectivity index (χ4n) is 2.87. The average Bonchev–Trinajstić information content (AvgIpc) is 2.80. The molecule has 1 atom stereocenters. The first-order chi connectivity index (χ1) is 16.6. The second-order valence-electron chi connectivity index (χ2n) is 6.84. The van der Waals surface area contributed by atoms with Crippen molar-refractivity contribution in [2.24, 2.45) is 0 Å². The highest BCUT2D eigenvalue weighted by Crippen LogP contribution is 2.40. The van der Waals surface area contributed by atoms with Gasteiger partial charge in [-0.1, -0.05) is 0 Å². The fraction of sp³-hybridized carbons (Fsp3) is 0.238. The monoisotopic (exact) mass is 515 g/mol. The van der Waals surface area contributed by atoms with E-state index in [1.54, 1.807) is 12.1 Å². The molecule has 0 spiro atoms. The van der Waals surface area contributed by atoms with Crippen LogP contribution >= 0.6 is 0 Å². The summed E-state index contributed by atoms with van der Waals surface area (Å²) in [6.07, 6.45) is -3.59. The summed E-state index contributed by atoms with van der Waals surface area (Å²) < 4.78 is 80.9. The van der Waals surface area contributed by atoms with Gasteiger partial charge >= 0.3 is 6.18 Å². The Labute approximate surface area is 200 Å². The van der Waals surface area contributed by atoms with Crippen LogP contribution < -0.4 is 29.6 Å². The van der Waals surface area contributed by atoms with Gasteiger partial charge in [-0.2, -0.15) is 18.2 Å². The first-order valence-corrected chi connectivity index (χ1v) is 11.1. The van der Waals surface area contributed by atoms with Crippen LogP contribution in [-0.2, 0) is 11.0 Å². The summed E-state index contributed by atoms with van der Waals surface area (Å²) in [5, 5.41) is 5.69. The van der Waals surface area contributed by atoms with E-state index in [0.717, 1.165) is 6.20 Å². The third-order valence-electron chi connectivity index (χ3n) is 4.34. The maximum absolute atomic E-state index is 14.3. The Kier molecular flexibility index (Phi) is 8.17. The second-order valence-corrected chi connectivity index (χ2v) is 8.02. The third-order valence-corrected chi connectivity index (χ3v) is 5.39. The van der Waals surface area contributed by atoms with Crippen molar-refractivity contribution in [2.45, 2.75) is 6.18 Å². The van der Waals surface area contributed by atoms with Gasteiger partial charge in [0.25, 0.3) is 0 Å². The SMILES string of the molecule is COc1cc(Nc2ncc(F)c(Nc3ccc(NS(=O)CC(F)(F)F)cc3)n2)cc(OC)c1OC. The summed E-state index contributed by atoms with van der Waals surface area (Å²) >= 11 is 0. The molecule has 3 aromatic rings. The minimum atomic E-state index is -4.56. The predicted octanol–water partition coefficient (Wildman–Crippen LogP) is 4.77. The lowest BCUT2D eigenvalue weighted by Crippen LogP contribution is -2.22. The van der Waals surface area contributed by atoms with Crippen LogP contribution in [0.25, 0.3) is 0 Å². The minimum absolute atomic E-state index is 0.0593. The zero-order valence-electron chi connectivity index (χ0n) is 18.7. The minimum Gasteiger partial charge on any atom is -0.493 e. The molecule has 0 fully saturated rings. The van der Waals surface area contributed by atoms with E-state index in [9.17, 15) is 21.8 Å². The standard InChI is InChI=1S/C21H21F4N5O4S/c1-32-16-8-14(9-17(33-2)18(16)34-3)28-20-26-10-15(22)19(29-20)27-12-4-6-13(7-5-12)30-35(31)11-21(23,24)25/h4-10,30H,11H2,1-3H3,(H2,26,27,28,29). The average molecular weight is 515 g/mol. The van der Waals surface area contributed by atoms with E-state index < -0.39 is 28.7 Å². The number of nitrogens with one attached hydrogen (secondary N) is 3. The molecule has 1 heterocycles. The Bertz CT molecular complexity index is 1170. The maximum atomic E-state index is 14.3. The molecule has 188 valence electrons. The molecule has 0 bridgehead atoms. The van der Waals surface area contributed by atoms with Gasteiger partial charge in [0.15, 0.2) is 23.1 Å². The van der Waals surface area contributed by atoms with Crippen LogP contribution in [-0.4, -0.2) is 47.4 Å². The molecule has 9 nitrogen and oxygen atoms in total. The Morgan fingerprint density at radius 1 is 0.914 bits per heavy atom. The molecule has 0 aliphatic carbocycles. The van der Waals surface area contributed by atoms with E-state index in [1.165, 1.54) is 45.6 Å². The molecule has 0 saturated carbocycles. The Hall–Kier alpha value is -3.81. The van der Waals surface area contributed by atoms with Gasteiger partial charge in [-0.3, -0.25) is 0 Å². The van der Waals surface area contributed by atoms with Crippen molar-refractivity contribution in [3.63, 3.8) is 0 Å². The normalized spacial score (nSPS) is 12.0. The van der Waals surface area contributed by atoms with E-state index >= 15 is 0 Å². The van der Waals surface area contributed by atoms with Gasteiger partial charge in [0.2, 0.25) is 11.7 Å². The van der Waals surface area contributed by atoms with E-state index in [0.29, 0.717) is 28.6 Å². The van der Waals surface area contributed by atoms with Gasteiger partial charge in [-0.25, -0.2) is 13.6 Å². The number of methoxy groups -OCH3 is 3. The lowest BCUT2D eigenvalue weighted by atomic mass is 10.2. The lowest BCUT2D eigenvalue weighted by Gasteiger charge is -2.15. The Morgan fingerprint density at radius 3 is 2.06 bits per heavy atom. The Balaban J connectivity index is 1.74. The van der Waals surface area contributed by atoms with E-state index in [2.05, 4.69) is 25.3 Å². The van der Waals surface area contributed by atoms with Crippen LogP contribution in [0.2, 0.25) is 0 Å². The van der Waals surface area contributed by atoms with Crippen molar-refractivity contribution in [3.05, 3.63) is 48.4 Å². The van der Waals surface area contributed by atoms with Crippen LogP contribution in [0.4, 0.5) is 46.4 Å². The zero-order valence-corrected chi connectivity index (χ0v) is 19.5. The quantitative estimate of drug-likeness (QED) is 0.332. The largest absolute Gasteiger partial charge is 0.493 e. The van der Waals surface area contributed by atoms with Gasteiger partial charge in [-0.15, -0.1) is 0 Å². The number of nitrogens with zero attached hydrogens (tertiary/aromatic N) is 2. The number of anilines is 5. The number of alkyl halides is 3. The maximum Gasteiger partial charge on any atom is 0.402 e. The Morgan fingerprint density at radius 2 is 1.51 bits per heavy atom. The van der Waals surface area contributed by atoms with Gasteiger partial charge in [0.05, 0.1) is 27.5 Å². The van der Waals surface area contributed by atoms with E-state index in [1.807, 2.05) is 0 Å². The fourth-order valence-corrected chi connectivity index (χ4v) is 3.64. The summed E-state index contributed by atoms with van der Waals surface area (Å²) in [6.45, 7) is 0. The van der Waals surface area contributed by atoms with E-state index in [-0.39, 0.29) is 17.5 Å². The highest BCUT2D eigenvalue weighted by atomic mass is 32.2. The molecule has 14 heteroatoms. The lowest BCUT2D eigenvalue weighted by molar-refractivity contribution is -0.105. The topological polar surface area (TPSA) is 107 Å². The molecule has 1 aromatic heterocycles. The first kappa shape index (κ1) is 25.8. The van der Waals surface area contributed by atoms with Crippen molar-refractivity contribution in [1.82, 2.24) is 9.97 Å². The molecule has 35 heavy (non-hydrogen) atoms. The number of hydrogen-bond donors (Lipinski definition) is 3. The molecular weight excluding hydrogens is 494 g/mol. The highest BCUT2D eigenvalue weighted by Gasteiger charge is 2.30. The number of ether oxygens (including phenoxy) is 3. The summed E-state index contributed by atoms with van der Waals surface area (Å²) in [7, 11) is 2.07. The molecule has 0 radical (unpaired) electrons. The number of hydrogen-bond acceptors (Lipinski definition) is 8. The summed E-state index contributed by atoms with van der Waals surface area (Å²) in [6, 6.07) is 8.95. The summed E-state index contributed by atoms with van der Waals surface area (Å²) in [5.74, 6) is -1.15. The van der Waals surface area contributed by atoms with Crippen molar-refractivity contribution < 1.29 is 36.0 Å². The van der Waals surface area contributed by atoms with Gasteiger partial charge in [0, 0.05) is 29.2 Å². The number of benzene rings is 2. The summed E-state index contributed by atoms with van der Waals surface area (Å²) in [5.41, 5.74) is 1.07. The molecule has 2 aromatic carbocycles. The molecular formula is C21H21F4N5O4S. The summed E-state index contributed by atoms with van der Waals surface area (Å²) in [4.78, 5) is 8.04. The van der Waals surface area contributed by atoms with Crippen LogP contribution in [0.1, 0.15) is 0 Å². The van der Waals surface area contributed by atoms with Crippen molar-refractivity contribution in [3.8, 4) is 17.2 Å². The van der Waals surface area contributed by atoms with Crippen LogP contribution in [0.15, 0.2) is 42.6 Å². The van der Waals surface area contributed by atoms with E-state index in [4.69, 9.17) is 14.2 Å². The smallest absolute Gasteiger partial charge is 0.402 e. The molecule has 0 aliphatic heterocycles. The predicted molar refractivity (Wildman–Crippen MR) is 124 cm³/mol. The number of halogens is 4. The molecule has 1 unspecified atom stereocenters. The number of rotatable bonds is 10. The van der Waals surface area contributed by atoms with Crippen molar-refractivity contribution >= 4 is 39.8 Å².